The first-order chi connectivity index (χ1) is 9.92. The molecule has 0 fully saturated rings. The van der Waals surface area contributed by atoms with Gasteiger partial charge in [0, 0.05) is 4.88 Å². The van der Waals surface area contributed by atoms with E-state index in [1.54, 1.807) is 6.07 Å². The number of nitro groups is 1. The van der Waals surface area contributed by atoms with E-state index in [4.69, 9.17) is 0 Å². The third-order valence-electron chi connectivity index (χ3n) is 2.44. The topological polar surface area (TPSA) is 127 Å². The third-order valence-corrected chi connectivity index (χ3v) is 5.43. The molecule has 0 aromatic carbocycles. The maximum atomic E-state index is 11.6. The summed E-state index contributed by atoms with van der Waals surface area (Å²) in [5, 5.41) is 13.3. The molecule has 9 nitrogen and oxygen atoms in total. The normalized spacial score (nSPS) is 11.3. The van der Waals surface area contributed by atoms with Crippen molar-refractivity contribution < 1.29 is 13.3 Å². The minimum Gasteiger partial charge on any atom is -0.349 e. The maximum absolute atomic E-state index is 11.6. The summed E-state index contributed by atoms with van der Waals surface area (Å²) in [6, 6.07) is 3.18. The lowest BCUT2D eigenvalue weighted by Crippen LogP contribution is -2.17. The van der Waals surface area contributed by atoms with Crippen LogP contribution >= 0.6 is 11.3 Å². The largest absolute Gasteiger partial charge is 0.349 e. The van der Waals surface area contributed by atoms with Crippen molar-refractivity contribution in [3.8, 4) is 0 Å². The highest BCUT2D eigenvalue weighted by Crippen LogP contribution is 2.21. The molecular formula is C10H11N5O4S2. The number of hydrogen-bond donors (Lipinski definition) is 2. The van der Waals surface area contributed by atoms with Gasteiger partial charge in [0.1, 0.15) is 16.6 Å². The van der Waals surface area contributed by atoms with Crippen LogP contribution in [0.1, 0.15) is 4.88 Å². The van der Waals surface area contributed by atoms with Gasteiger partial charge in [0.2, 0.25) is 16.0 Å². The van der Waals surface area contributed by atoms with Crippen molar-refractivity contribution in [3.05, 3.63) is 39.5 Å². The predicted molar refractivity (Wildman–Crippen MR) is 76.6 cm³/mol. The van der Waals surface area contributed by atoms with Crippen molar-refractivity contribution in [2.75, 3.05) is 12.4 Å². The zero-order valence-electron chi connectivity index (χ0n) is 10.8. The molecule has 0 aliphatic rings. The number of thiophene rings is 1. The second-order valence-corrected chi connectivity index (χ2v) is 7.09. The van der Waals surface area contributed by atoms with Crippen LogP contribution < -0.4 is 10.0 Å². The van der Waals surface area contributed by atoms with Crippen LogP contribution in [0.3, 0.4) is 0 Å². The van der Waals surface area contributed by atoms with Gasteiger partial charge in [0.25, 0.3) is 0 Å². The van der Waals surface area contributed by atoms with Crippen LogP contribution in [0.15, 0.2) is 28.7 Å². The molecule has 11 heteroatoms. The van der Waals surface area contributed by atoms with E-state index in [1.165, 1.54) is 13.1 Å². The summed E-state index contributed by atoms with van der Waals surface area (Å²) in [6.45, 7) is 0.321. The van der Waals surface area contributed by atoms with Gasteiger partial charge in [0.15, 0.2) is 0 Å². The van der Waals surface area contributed by atoms with Crippen LogP contribution in [-0.4, -0.2) is 30.4 Å². The Balaban J connectivity index is 2.02. The monoisotopic (exact) mass is 329 g/mol. The Morgan fingerprint density at radius 2 is 2.00 bits per heavy atom. The van der Waals surface area contributed by atoms with E-state index in [2.05, 4.69) is 20.0 Å². The van der Waals surface area contributed by atoms with Gasteiger partial charge in [-0.1, -0.05) is 0 Å². The van der Waals surface area contributed by atoms with Gasteiger partial charge >= 0.3 is 5.69 Å². The van der Waals surface area contributed by atoms with Crippen LogP contribution in [0.5, 0.6) is 0 Å². The van der Waals surface area contributed by atoms with E-state index in [0.29, 0.717) is 6.54 Å². The zero-order chi connectivity index (χ0) is 15.5. The van der Waals surface area contributed by atoms with Crippen LogP contribution in [-0.2, 0) is 16.6 Å². The molecule has 0 aliphatic carbocycles. The fourth-order valence-electron chi connectivity index (χ4n) is 1.37. The smallest absolute Gasteiger partial charge is 0.305 e. The number of nitrogens with zero attached hydrogens (tertiary/aromatic N) is 3. The lowest BCUT2D eigenvalue weighted by Gasteiger charge is -2.01. The van der Waals surface area contributed by atoms with Crippen LogP contribution in [0, 0.1) is 10.1 Å². The number of aromatic nitrogens is 2. The van der Waals surface area contributed by atoms with Crippen LogP contribution in [0.2, 0.25) is 0 Å². The van der Waals surface area contributed by atoms with E-state index in [1.807, 2.05) is 0 Å². The number of rotatable bonds is 6. The number of hydrogen-bond acceptors (Lipinski definition) is 8. The number of nitrogens with one attached hydrogen (secondary N) is 2. The minimum atomic E-state index is -3.44. The first-order valence-electron chi connectivity index (χ1n) is 5.65. The Morgan fingerprint density at radius 3 is 2.57 bits per heavy atom. The average molecular weight is 329 g/mol. The molecule has 2 aromatic heterocycles. The fourth-order valence-corrected chi connectivity index (χ4v) is 3.50. The molecule has 2 aromatic rings. The molecule has 0 amide bonds. The molecule has 2 heterocycles. The maximum Gasteiger partial charge on any atom is 0.305 e. The SMILES string of the molecule is CNS(=O)(=O)c1ccc(CNc2ncc([N+](=O)[O-])cn2)s1. The molecule has 0 aliphatic heterocycles. The van der Waals surface area contributed by atoms with Crippen LogP contribution in [0.4, 0.5) is 11.6 Å². The van der Waals surface area contributed by atoms with E-state index in [-0.39, 0.29) is 15.8 Å². The summed E-state index contributed by atoms with van der Waals surface area (Å²) in [4.78, 5) is 18.2. The quantitative estimate of drug-likeness (QED) is 0.597. The summed E-state index contributed by atoms with van der Waals surface area (Å²) in [6.07, 6.45) is 2.20. The summed E-state index contributed by atoms with van der Waals surface area (Å²) >= 11 is 1.11. The van der Waals surface area contributed by atoms with Gasteiger partial charge in [0.05, 0.1) is 11.5 Å². The molecule has 2 rings (SSSR count). The standard InChI is InChI=1S/C10H11N5O4S2/c1-11-21(18,19)9-3-2-8(20-9)6-14-10-12-4-7(5-13-10)15(16)17/h2-5,11H,6H2,1H3,(H,12,13,14). The second-order valence-electron chi connectivity index (χ2n) is 3.80. The highest BCUT2D eigenvalue weighted by molar-refractivity contribution is 7.91. The first kappa shape index (κ1) is 15.3. The number of sulfonamides is 1. The summed E-state index contributed by atoms with van der Waals surface area (Å²) < 4.78 is 25.6. The lowest BCUT2D eigenvalue weighted by molar-refractivity contribution is -0.385. The van der Waals surface area contributed by atoms with Gasteiger partial charge in [-0.2, -0.15) is 0 Å². The van der Waals surface area contributed by atoms with E-state index < -0.39 is 14.9 Å². The second kappa shape index (κ2) is 6.11. The van der Waals surface area contributed by atoms with Crippen molar-refractivity contribution in [2.24, 2.45) is 0 Å². The Labute approximate surface area is 124 Å². The minimum absolute atomic E-state index is 0.195. The molecule has 112 valence electrons. The van der Waals surface area contributed by atoms with Gasteiger partial charge in [-0.05, 0) is 19.2 Å². The first-order valence-corrected chi connectivity index (χ1v) is 7.95. The van der Waals surface area contributed by atoms with Crippen molar-refractivity contribution in [3.63, 3.8) is 0 Å². The highest BCUT2D eigenvalue weighted by atomic mass is 32.2. The molecule has 21 heavy (non-hydrogen) atoms. The number of anilines is 1. The highest BCUT2D eigenvalue weighted by Gasteiger charge is 2.14. The van der Waals surface area contributed by atoms with E-state index >= 15 is 0 Å². The Kier molecular flexibility index (Phi) is 4.45. The molecule has 0 radical (unpaired) electrons. The van der Waals surface area contributed by atoms with Crippen molar-refractivity contribution in [1.82, 2.24) is 14.7 Å². The van der Waals surface area contributed by atoms with E-state index in [9.17, 15) is 18.5 Å². The molecule has 0 saturated carbocycles. The molecule has 0 unspecified atom stereocenters. The zero-order valence-corrected chi connectivity index (χ0v) is 12.4. The van der Waals surface area contributed by atoms with Gasteiger partial charge < -0.3 is 5.32 Å². The fraction of sp³-hybridized carbons (Fsp3) is 0.200. The Bertz CT molecular complexity index is 741. The van der Waals surface area contributed by atoms with E-state index in [0.717, 1.165) is 28.6 Å². The Hall–Kier alpha value is -2.11. The molecule has 0 spiro atoms. The van der Waals surface area contributed by atoms with Crippen molar-refractivity contribution in [2.45, 2.75) is 10.8 Å². The lowest BCUT2D eigenvalue weighted by atomic mass is 10.5. The summed E-state index contributed by atoms with van der Waals surface area (Å²) in [7, 11) is -2.10. The molecular weight excluding hydrogens is 318 g/mol. The van der Waals surface area contributed by atoms with Crippen LogP contribution in [0.25, 0.3) is 0 Å². The molecule has 2 N–H and O–H groups in total. The summed E-state index contributed by atoms with van der Waals surface area (Å²) in [5.41, 5.74) is -0.195. The van der Waals surface area contributed by atoms with Crippen molar-refractivity contribution in [1.29, 1.82) is 0 Å². The van der Waals surface area contributed by atoms with Gasteiger partial charge in [-0.3, -0.25) is 10.1 Å². The summed E-state index contributed by atoms with van der Waals surface area (Å²) in [5.74, 6) is 0.229. The van der Waals surface area contributed by atoms with Gasteiger partial charge in [-0.15, -0.1) is 11.3 Å². The average Bonchev–Trinajstić information content (AvgIpc) is 2.95. The molecule has 0 atom stereocenters. The Morgan fingerprint density at radius 1 is 1.33 bits per heavy atom. The van der Waals surface area contributed by atoms with Gasteiger partial charge in [-0.25, -0.2) is 23.1 Å². The van der Waals surface area contributed by atoms with Crippen molar-refractivity contribution >= 4 is 33.0 Å². The molecule has 0 saturated heterocycles. The predicted octanol–water partition coefficient (Wildman–Crippen LogP) is 0.966. The third kappa shape index (κ3) is 3.71. The molecule has 0 bridgehead atoms.